The van der Waals surface area contributed by atoms with Crippen molar-refractivity contribution in [1.29, 1.82) is 0 Å². The van der Waals surface area contributed by atoms with E-state index in [-0.39, 0.29) is 23.8 Å². The van der Waals surface area contributed by atoms with Gasteiger partial charge in [0.05, 0.1) is 18.4 Å². The molecule has 1 aromatic heterocycles. The maximum Gasteiger partial charge on any atom is 0.227 e. The number of rotatable bonds is 7. The van der Waals surface area contributed by atoms with Crippen LogP contribution in [-0.2, 0) is 22.6 Å². The molecule has 1 aliphatic heterocycles. The number of piperidine rings is 1. The molecule has 1 aliphatic rings. The zero-order valence-corrected chi connectivity index (χ0v) is 17.1. The van der Waals surface area contributed by atoms with Crippen molar-refractivity contribution in [2.75, 3.05) is 13.1 Å². The van der Waals surface area contributed by atoms with Crippen molar-refractivity contribution in [2.45, 2.75) is 45.8 Å². The zero-order valence-electron chi connectivity index (χ0n) is 17.1. The summed E-state index contributed by atoms with van der Waals surface area (Å²) in [7, 11) is 0. The number of likely N-dealkylation sites (tertiary alicyclic amines) is 1. The lowest BCUT2D eigenvalue weighted by Crippen LogP contribution is -2.45. The van der Waals surface area contributed by atoms with Crippen LogP contribution in [0.15, 0.2) is 48.7 Å². The summed E-state index contributed by atoms with van der Waals surface area (Å²) in [5, 5.41) is 2.99. The van der Waals surface area contributed by atoms with Gasteiger partial charge in [-0.25, -0.2) is 4.98 Å². The molecule has 3 rings (SSSR count). The van der Waals surface area contributed by atoms with Gasteiger partial charge in [0.15, 0.2) is 0 Å². The van der Waals surface area contributed by atoms with Gasteiger partial charge < -0.3 is 15.0 Å². The third kappa shape index (κ3) is 6.04. The van der Waals surface area contributed by atoms with Crippen LogP contribution in [0.5, 0.6) is 5.88 Å². The number of aromatic nitrogens is 1. The summed E-state index contributed by atoms with van der Waals surface area (Å²) in [6, 6.07) is 13.5. The first-order valence-electron chi connectivity index (χ1n) is 10.2. The van der Waals surface area contributed by atoms with Gasteiger partial charge in [0.1, 0.15) is 0 Å². The highest BCUT2D eigenvalue weighted by Gasteiger charge is 2.28. The summed E-state index contributed by atoms with van der Waals surface area (Å²) in [6.45, 7) is 5.44. The molecule has 1 atom stereocenters. The molecular weight excluding hydrogens is 366 g/mol. The van der Waals surface area contributed by atoms with Crippen molar-refractivity contribution in [2.24, 2.45) is 5.92 Å². The molecule has 6 heteroatoms. The summed E-state index contributed by atoms with van der Waals surface area (Å²) >= 11 is 0. The fourth-order valence-electron chi connectivity index (χ4n) is 3.51. The second-order valence-corrected chi connectivity index (χ2v) is 7.69. The van der Waals surface area contributed by atoms with Crippen molar-refractivity contribution in [3.63, 3.8) is 0 Å². The maximum absolute atomic E-state index is 12.7. The number of ether oxygens (including phenoxy) is 1. The minimum Gasteiger partial charge on any atom is -0.475 e. The van der Waals surface area contributed by atoms with Crippen molar-refractivity contribution in [3.8, 4) is 5.88 Å². The standard InChI is InChI=1S/C23H29N3O3/c1-17(2)29-23-19(10-6-12-24-23)15-25-22(28)20-11-7-13-26(16-20)21(27)14-18-8-4-3-5-9-18/h3-6,8-10,12,17,20H,7,11,13-16H2,1-2H3,(H,25,28). The molecule has 1 unspecified atom stereocenters. The van der Waals surface area contributed by atoms with Gasteiger partial charge in [0.25, 0.3) is 0 Å². The molecule has 154 valence electrons. The molecule has 0 aliphatic carbocycles. The Labute approximate surface area is 172 Å². The summed E-state index contributed by atoms with van der Waals surface area (Å²) in [5.41, 5.74) is 1.85. The van der Waals surface area contributed by atoms with E-state index in [1.807, 2.05) is 61.2 Å². The molecule has 0 bridgehead atoms. The quantitative estimate of drug-likeness (QED) is 0.782. The van der Waals surface area contributed by atoms with Crippen LogP contribution >= 0.6 is 0 Å². The fourth-order valence-corrected chi connectivity index (χ4v) is 3.51. The molecule has 0 radical (unpaired) electrons. The first-order chi connectivity index (χ1) is 14.0. The summed E-state index contributed by atoms with van der Waals surface area (Å²) in [5.74, 6) is 0.413. The molecular formula is C23H29N3O3. The van der Waals surface area contributed by atoms with Crippen molar-refractivity contribution < 1.29 is 14.3 Å². The van der Waals surface area contributed by atoms with Crippen LogP contribution < -0.4 is 10.1 Å². The first kappa shape index (κ1) is 20.8. The predicted molar refractivity (Wildman–Crippen MR) is 111 cm³/mol. The molecule has 1 aromatic carbocycles. The van der Waals surface area contributed by atoms with Crippen LogP contribution in [0.2, 0.25) is 0 Å². The fraction of sp³-hybridized carbons (Fsp3) is 0.435. The van der Waals surface area contributed by atoms with Crippen molar-refractivity contribution in [3.05, 3.63) is 59.8 Å². The highest BCUT2D eigenvalue weighted by Crippen LogP contribution is 2.19. The summed E-state index contributed by atoms with van der Waals surface area (Å²) in [6.07, 6.45) is 3.71. The molecule has 0 spiro atoms. The number of amides is 2. The van der Waals surface area contributed by atoms with Crippen LogP contribution in [0.4, 0.5) is 0 Å². The number of benzene rings is 1. The maximum atomic E-state index is 12.7. The lowest BCUT2D eigenvalue weighted by Gasteiger charge is -2.32. The SMILES string of the molecule is CC(C)Oc1ncccc1CNC(=O)C1CCCN(C(=O)Cc2ccccc2)C1. The molecule has 2 heterocycles. The van der Waals surface area contributed by atoms with E-state index in [9.17, 15) is 9.59 Å². The van der Waals surface area contributed by atoms with E-state index < -0.39 is 0 Å². The Morgan fingerprint density at radius 2 is 2.00 bits per heavy atom. The highest BCUT2D eigenvalue weighted by atomic mass is 16.5. The Morgan fingerprint density at radius 1 is 1.21 bits per heavy atom. The Hall–Kier alpha value is -2.89. The molecule has 6 nitrogen and oxygen atoms in total. The van der Waals surface area contributed by atoms with E-state index in [0.29, 0.717) is 31.9 Å². The number of hydrogen-bond donors (Lipinski definition) is 1. The average molecular weight is 396 g/mol. The number of carbonyl (C=O) groups excluding carboxylic acids is 2. The van der Waals surface area contributed by atoms with E-state index in [1.54, 1.807) is 6.20 Å². The van der Waals surface area contributed by atoms with Gasteiger partial charge in [-0.15, -0.1) is 0 Å². The molecule has 29 heavy (non-hydrogen) atoms. The minimum atomic E-state index is -0.186. The van der Waals surface area contributed by atoms with Crippen LogP contribution in [0.25, 0.3) is 0 Å². The normalized spacial score (nSPS) is 16.5. The van der Waals surface area contributed by atoms with E-state index >= 15 is 0 Å². The van der Waals surface area contributed by atoms with Gasteiger partial charge in [0, 0.05) is 31.4 Å². The number of carbonyl (C=O) groups is 2. The second-order valence-electron chi connectivity index (χ2n) is 7.69. The van der Waals surface area contributed by atoms with Crippen LogP contribution in [0, 0.1) is 5.92 Å². The average Bonchev–Trinajstić information content (AvgIpc) is 2.73. The van der Waals surface area contributed by atoms with Crippen LogP contribution in [0.1, 0.15) is 37.8 Å². The third-order valence-electron chi connectivity index (χ3n) is 4.99. The lowest BCUT2D eigenvalue weighted by molar-refractivity contribution is -0.135. The predicted octanol–water partition coefficient (Wildman–Crippen LogP) is 2.97. The third-order valence-corrected chi connectivity index (χ3v) is 4.99. The topological polar surface area (TPSA) is 71.5 Å². The summed E-state index contributed by atoms with van der Waals surface area (Å²) < 4.78 is 5.71. The van der Waals surface area contributed by atoms with Gasteiger partial charge >= 0.3 is 0 Å². The Bertz CT molecular complexity index is 823. The van der Waals surface area contributed by atoms with Crippen LogP contribution in [-0.4, -0.2) is 40.9 Å². The number of nitrogens with zero attached hydrogens (tertiary/aromatic N) is 2. The van der Waals surface area contributed by atoms with Gasteiger partial charge in [-0.1, -0.05) is 36.4 Å². The molecule has 1 fully saturated rings. The molecule has 2 amide bonds. The molecule has 0 saturated carbocycles. The van der Waals surface area contributed by atoms with Crippen LogP contribution in [0.3, 0.4) is 0 Å². The van der Waals surface area contributed by atoms with E-state index in [0.717, 1.165) is 24.0 Å². The Balaban J connectivity index is 1.54. The number of pyridine rings is 1. The van der Waals surface area contributed by atoms with E-state index in [1.165, 1.54) is 0 Å². The van der Waals surface area contributed by atoms with Crippen molar-refractivity contribution in [1.82, 2.24) is 15.2 Å². The largest absolute Gasteiger partial charge is 0.475 e. The van der Waals surface area contributed by atoms with E-state index in [2.05, 4.69) is 10.3 Å². The minimum absolute atomic E-state index is 0.0156. The first-order valence-corrected chi connectivity index (χ1v) is 10.2. The smallest absolute Gasteiger partial charge is 0.227 e. The molecule has 1 N–H and O–H groups in total. The van der Waals surface area contributed by atoms with Gasteiger partial charge in [-0.3, -0.25) is 9.59 Å². The van der Waals surface area contributed by atoms with Gasteiger partial charge in [-0.2, -0.15) is 0 Å². The van der Waals surface area contributed by atoms with Gasteiger partial charge in [0.2, 0.25) is 17.7 Å². The van der Waals surface area contributed by atoms with Crippen molar-refractivity contribution >= 4 is 11.8 Å². The molecule has 1 saturated heterocycles. The number of nitrogens with one attached hydrogen (secondary N) is 1. The second kappa shape index (κ2) is 10.0. The van der Waals surface area contributed by atoms with Gasteiger partial charge in [-0.05, 0) is 38.3 Å². The zero-order chi connectivity index (χ0) is 20.6. The lowest BCUT2D eigenvalue weighted by atomic mass is 9.96. The monoisotopic (exact) mass is 395 g/mol. The molecule has 2 aromatic rings. The highest BCUT2D eigenvalue weighted by molar-refractivity contribution is 5.82. The summed E-state index contributed by atoms with van der Waals surface area (Å²) in [4.78, 5) is 31.4. The Morgan fingerprint density at radius 3 is 2.76 bits per heavy atom. The van der Waals surface area contributed by atoms with E-state index in [4.69, 9.17) is 4.74 Å². The Kier molecular flexibility index (Phi) is 7.22. The number of hydrogen-bond acceptors (Lipinski definition) is 4.